The Labute approximate surface area is 195 Å². The SMILES string of the molecule is O=S(=O)(Oc1cccc(OS(=O)(=O)c2cccc3cccnc23)c1)c1cccc2cccnc12. The Kier molecular flexibility index (Phi) is 5.39. The monoisotopic (exact) mass is 492 g/mol. The Balaban J connectivity index is 1.46. The van der Waals surface area contributed by atoms with Crippen LogP contribution in [0.4, 0.5) is 0 Å². The molecule has 10 heteroatoms. The van der Waals surface area contributed by atoms with Gasteiger partial charge in [-0.3, -0.25) is 9.97 Å². The van der Waals surface area contributed by atoms with E-state index in [-0.39, 0.29) is 32.3 Å². The summed E-state index contributed by atoms with van der Waals surface area (Å²) in [5.41, 5.74) is 0.534. The van der Waals surface area contributed by atoms with Gasteiger partial charge in [-0.1, -0.05) is 42.5 Å². The zero-order valence-corrected chi connectivity index (χ0v) is 19.0. The lowest BCUT2D eigenvalue weighted by molar-refractivity contribution is 0.477. The van der Waals surface area contributed by atoms with E-state index in [2.05, 4.69) is 9.97 Å². The zero-order valence-electron chi connectivity index (χ0n) is 17.4. The lowest BCUT2D eigenvalue weighted by Gasteiger charge is -2.11. The van der Waals surface area contributed by atoms with Crippen molar-refractivity contribution in [2.45, 2.75) is 9.79 Å². The van der Waals surface area contributed by atoms with E-state index in [1.807, 2.05) is 0 Å². The van der Waals surface area contributed by atoms with Gasteiger partial charge in [0.05, 0.1) is 11.0 Å². The highest BCUT2D eigenvalue weighted by Gasteiger charge is 2.23. The van der Waals surface area contributed by atoms with Gasteiger partial charge >= 0.3 is 20.2 Å². The summed E-state index contributed by atoms with van der Waals surface area (Å²) in [7, 11) is -8.52. The van der Waals surface area contributed by atoms with Crippen LogP contribution in [0, 0.1) is 0 Å². The maximum Gasteiger partial charge on any atom is 0.341 e. The van der Waals surface area contributed by atoms with Gasteiger partial charge in [-0.15, -0.1) is 0 Å². The topological polar surface area (TPSA) is 113 Å². The van der Waals surface area contributed by atoms with E-state index in [9.17, 15) is 16.8 Å². The number of nitrogens with zero attached hydrogens (tertiary/aromatic N) is 2. The van der Waals surface area contributed by atoms with E-state index in [1.54, 1.807) is 48.5 Å². The van der Waals surface area contributed by atoms with E-state index in [0.717, 1.165) is 0 Å². The van der Waals surface area contributed by atoms with E-state index in [4.69, 9.17) is 8.37 Å². The predicted molar refractivity (Wildman–Crippen MR) is 126 cm³/mol. The largest absolute Gasteiger partial charge is 0.379 e. The molecule has 0 bridgehead atoms. The third kappa shape index (κ3) is 4.16. The van der Waals surface area contributed by atoms with Gasteiger partial charge in [-0.25, -0.2) is 0 Å². The van der Waals surface area contributed by atoms with Crippen LogP contribution >= 0.6 is 0 Å². The highest BCUT2D eigenvalue weighted by molar-refractivity contribution is 7.87. The van der Waals surface area contributed by atoms with Crippen LogP contribution in [0.5, 0.6) is 11.5 Å². The summed E-state index contributed by atoms with van der Waals surface area (Å²) in [5.74, 6) is -0.228. The smallest absolute Gasteiger partial charge is 0.341 e. The zero-order chi connectivity index (χ0) is 23.8. The van der Waals surface area contributed by atoms with Gasteiger partial charge < -0.3 is 8.37 Å². The van der Waals surface area contributed by atoms with E-state index < -0.39 is 20.2 Å². The Hall–Kier alpha value is -4.02. The molecule has 5 rings (SSSR count). The van der Waals surface area contributed by atoms with Gasteiger partial charge in [0.2, 0.25) is 0 Å². The van der Waals surface area contributed by atoms with Crippen molar-refractivity contribution in [3.63, 3.8) is 0 Å². The van der Waals surface area contributed by atoms with Crippen LogP contribution in [0.3, 0.4) is 0 Å². The van der Waals surface area contributed by atoms with Crippen molar-refractivity contribution >= 4 is 42.0 Å². The van der Waals surface area contributed by atoms with Crippen molar-refractivity contribution in [1.82, 2.24) is 9.97 Å². The molecular weight excluding hydrogens is 476 g/mol. The van der Waals surface area contributed by atoms with E-state index in [0.29, 0.717) is 10.8 Å². The van der Waals surface area contributed by atoms with Crippen molar-refractivity contribution in [2.75, 3.05) is 0 Å². The van der Waals surface area contributed by atoms with Crippen LogP contribution in [-0.2, 0) is 20.2 Å². The molecule has 0 aliphatic carbocycles. The molecule has 5 aromatic rings. The van der Waals surface area contributed by atoms with Gasteiger partial charge in [0.25, 0.3) is 0 Å². The second-order valence-electron chi connectivity index (χ2n) is 7.21. The lowest BCUT2D eigenvalue weighted by atomic mass is 10.2. The molecule has 0 fully saturated rings. The fraction of sp³-hybridized carbons (Fsp3) is 0. The van der Waals surface area contributed by atoms with Crippen molar-refractivity contribution in [1.29, 1.82) is 0 Å². The van der Waals surface area contributed by atoms with E-state index in [1.165, 1.54) is 48.8 Å². The van der Waals surface area contributed by atoms with Gasteiger partial charge in [0.1, 0.15) is 21.3 Å². The molecule has 0 spiro atoms. The number of hydrogen-bond donors (Lipinski definition) is 0. The molecule has 0 aliphatic heterocycles. The van der Waals surface area contributed by atoms with Crippen LogP contribution in [-0.4, -0.2) is 26.8 Å². The van der Waals surface area contributed by atoms with Crippen LogP contribution < -0.4 is 8.37 Å². The molecule has 8 nitrogen and oxygen atoms in total. The number of aromatic nitrogens is 2. The van der Waals surface area contributed by atoms with Crippen LogP contribution in [0.2, 0.25) is 0 Å². The molecule has 3 aromatic carbocycles. The minimum atomic E-state index is -4.26. The Bertz CT molecular complexity index is 1620. The molecule has 0 saturated heterocycles. The number of rotatable bonds is 6. The van der Waals surface area contributed by atoms with Crippen molar-refractivity contribution in [3.8, 4) is 11.5 Å². The fourth-order valence-electron chi connectivity index (χ4n) is 3.48. The second kappa shape index (κ2) is 8.40. The third-order valence-electron chi connectivity index (χ3n) is 4.95. The number of pyridine rings is 2. The summed E-state index contributed by atoms with van der Waals surface area (Å²) in [4.78, 5) is 8.08. The summed E-state index contributed by atoms with van der Waals surface area (Å²) in [6, 6.07) is 21.7. The molecule has 34 heavy (non-hydrogen) atoms. The van der Waals surface area contributed by atoms with E-state index >= 15 is 0 Å². The molecule has 170 valence electrons. The maximum absolute atomic E-state index is 13.0. The summed E-state index contributed by atoms with van der Waals surface area (Å²) < 4.78 is 62.3. The minimum Gasteiger partial charge on any atom is -0.379 e. The molecule has 0 N–H and O–H groups in total. The fourth-order valence-corrected chi connectivity index (χ4v) is 5.68. The predicted octanol–water partition coefficient (Wildman–Crippen LogP) is 4.32. The summed E-state index contributed by atoms with van der Waals surface area (Å²) in [6.45, 7) is 0. The minimum absolute atomic E-state index is 0.105. The number of hydrogen-bond acceptors (Lipinski definition) is 8. The second-order valence-corrected chi connectivity index (χ2v) is 10.2. The van der Waals surface area contributed by atoms with Crippen LogP contribution in [0.15, 0.2) is 107 Å². The molecular formula is C24H16N2O6S2. The molecule has 0 saturated carbocycles. The summed E-state index contributed by atoms with van der Waals surface area (Å²) in [6.07, 6.45) is 2.98. The number of fused-ring (bicyclic) bond motifs is 2. The first-order valence-electron chi connectivity index (χ1n) is 10.0. The normalized spacial score (nSPS) is 12.0. The van der Waals surface area contributed by atoms with Gasteiger partial charge in [0.15, 0.2) is 0 Å². The van der Waals surface area contributed by atoms with Crippen molar-refractivity contribution in [2.24, 2.45) is 0 Å². The molecule has 2 heterocycles. The first-order valence-corrected chi connectivity index (χ1v) is 12.8. The molecule has 0 aliphatic rings. The van der Waals surface area contributed by atoms with Gasteiger partial charge in [0, 0.05) is 29.2 Å². The molecule has 0 unspecified atom stereocenters. The standard InChI is InChI=1S/C24H16N2O6S2/c27-33(28,21-12-1-6-17-8-4-14-25-23(17)21)31-19-10-3-11-20(16-19)32-34(29,30)22-13-2-7-18-9-5-15-26-24(18)22/h1-16H. The first kappa shape index (κ1) is 21.8. The highest BCUT2D eigenvalue weighted by atomic mass is 32.2. The molecule has 0 amide bonds. The van der Waals surface area contributed by atoms with Crippen molar-refractivity contribution < 1.29 is 25.2 Å². The Morgan fingerprint density at radius 2 is 0.941 bits per heavy atom. The molecule has 2 aromatic heterocycles. The highest BCUT2D eigenvalue weighted by Crippen LogP contribution is 2.29. The van der Waals surface area contributed by atoms with Gasteiger partial charge in [-0.2, -0.15) is 16.8 Å². The summed E-state index contributed by atoms with van der Waals surface area (Å²) in [5, 5.41) is 1.28. The van der Waals surface area contributed by atoms with Crippen LogP contribution in [0.25, 0.3) is 21.8 Å². The average Bonchev–Trinajstić information content (AvgIpc) is 2.83. The van der Waals surface area contributed by atoms with Crippen LogP contribution in [0.1, 0.15) is 0 Å². The number of benzene rings is 3. The maximum atomic E-state index is 13.0. The molecule has 0 radical (unpaired) electrons. The quantitative estimate of drug-likeness (QED) is 0.322. The van der Waals surface area contributed by atoms with Gasteiger partial charge in [-0.05, 0) is 36.4 Å². The summed E-state index contributed by atoms with van der Waals surface area (Å²) >= 11 is 0. The lowest BCUT2D eigenvalue weighted by Crippen LogP contribution is -2.12. The third-order valence-corrected chi connectivity index (χ3v) is 7.51. The Morgan fingerprint density at radius 1 is 0.529 bits per heavy atom. The Morgan fingerprint density at radius 3 is 1.41 bits per heavy atom. The number of para-hydroxylation sites is 2. The first-order chi connectivity index (χ1) is 16.3. The van der Waals surface area contributed by atoms with Crippen molar-refractivity contribution in [3.05, 3.63) is 97.3 Å². The average molecular weight is 493 g/mol. The molecule has 0 atom stereocenters.